The van der Waals surface area contributed by atoms with Crippen molar-refractivity contribution in [1.29, 1.82) is 0 Å². The number of carbonyl (C=O) groups excluding carboxylic acids is 1. The van der Waals surface area contributed by atoms with Crippen LogP contribution in [0.3, 0.4) is 0 Å². The summed E-state index contributed by atoms with van der Waals surface area (Å²) in [7, 11) is 1.63. The molecular weight excluding hydrogens is 402 g/mol. The normalized spacial score (nSPS) is 10.5. The summed E-state index contributed by atoms with van der Waals surface area (Å²) < 4.78 is 9.05. The van der Waals surface area contributed by atoms with E-state index in [0.29, 0.717) is 29.7 Å². The minimum atomic E-state index is -0.151. The van der Waals surface area contributed by atoms with Gasteiger partial charge in [-0.3, -0.25) is 4.79 Å². The first kappa shape index (κ1) is 21.4. The van der Waals surface area contributed by atoms with Gasteiger partial charge < -0.3 is 20.7 Å². The number of ether oxygens (including phenoxy) is 1. The summed E-state index contributed by atoms with van der Waals surface area (Å²) in [6, 6.07) is 9.45. The van der Waals surface area contributed by atoms with Crippen LogP contribution in [-0.4, -0.2) is 45.7 Å². The Morgan fingerprint density at radius 3 is 2.70 bits per heavy atom. The minimum absolute atomic E-state index is 0.151. The average molecular weight is 428 g/mol. The molecule has 10 heteroatoms. The molecule has 3 aromatic rings. The van der Waals surface area contributed by atoms with Crippen LogP contribution >= 0.6 is 11.5 Å². The third kappa shape index (κ3) is 5.86. The Morgan fingerprint density at radius 2 is 1.97 bits per heavy atom. The molecule has 1 aromatic carbocycles. The average Bonchev–Trinajstić information content (AvgIpc) is 3.20. The van der Waals surface area contributed by atoms with Crippen LogP contribution in [0.25, 0.3) is 0 Å². The number of carbonyl (C=O) groups is 1. The Bertz CT molecular complexity index is 976. The van der Waals surface area contributed by atoms with Crippen LogP contribution in [0.4, 0.5) is 17.5 Å². The molecule has 0 radical (unpaired) electrons. The highest BCUT2D eigenvalue weighted by molar-refractivity contribution is 7.08. The molecule has 0 aliphatic heterocycles. The fourth-order valence-electron chi connectivity index (χ4n) is 2.75. The predicted octanol–water partition coefficient (Wildman–Crippen LogP) is 3.18. The topological polar surface area (TPSA) is 114 Å². The highest BCUT2D eigenvalue weighted by atomic mass is 32.1. The van der Waals surface area contributed by atoms with Gasteiger partial charge >= 0.3 is 0 Å². The first-order valence-electron chi connectivity index (χ1n) is 9.69. The molecule has 3 rings (SSSR count). The van der Waals surface area contributed by atoms with E-state index < -0.39 is 0 Å². The van der Waals surface area contributed by atoms with Crippen molar-refractivity contribution in [2.45, 2.75) is 26.7 Å². The van der Waals surface area contributed by atoms with Crippen molar-refractivity contribution in [3.05, 3.63) is 46.6 Å². The van der Waals surface area contributed by atoms with Gasteiger partial charge in [-0.2, -0.15) is 4.98 Å². The van der Waals surface area contributed by atoms with Crippen molar-refractivity contribution in [3.63, 3.8) is 0 Å². The molecule has 1 amide bonds. The maximum Gasteiger partial charge on any atom is 0.265 e. The van der Waals surface area contributed by atoms with E-state index >= 15 is 0 Å². The quantitative estimate of drug-likeness (QED) is 0.423. The molecule has 158 valence electrons. The Balaban J connectivity index is 1.52. The van der Waals surface area contributed by atoms with Gasteiger partial charge in [-0.25, -0.2) is 4.98 Å². The molecule has 0 fully saturated rings. The molecule has 2 heterocycles. The molecule has 2 aromatic heterocycles. The third-order valence-electron chi connectivity index (χ3n) is 4.16. The van der Waals surface area contributed by atoms with E-state index in [1.165, 1.54) is 0 Å². The number of anilines is 3. The van der Waals surface area contributed by atoms with Crippen molar-refractivity contribution in [3.8, 4) is 5.75 Å². The van der Waals surface area contributed by atoms with E-state index in [9.17, 15) is 4.79 Å². The molecule has 9 nitrogen and oxygen atoms in total. The molecule has 0 bridgehead atoms. The minimum Gasteiger partial charge on any atom is -0.497 e. The summed E-state index contributed by atoms with van der Waals surface area (Å²) in [5, 5.41) is 13.3. The second-order valence-electron chi connectivity index (χ2n) is 6.55. The maximum absolute atomic E-state index is 12.3. The van der Waals surface area contributed by atoms with Crippen LogP contribution in [0.5, 0.6) is 5.75 Å². The zero-order valence-electron chi connectivity index (χ0n) is 17.2. The molecule has 3 N–H and O–H groups in total. The number of rotatable bonds is 10. The molecule has 0 aliphatic carbocycles. The van der Waals surface area contributed by atoms with Crippen molar-refractivity contribution in [2.24, 2.45) is 0 Å². The van der Waals surface area contributed by atoms with E-state index in [1.54, 1.807) is 7.11 Å². The van der Waals surface area contributed by atoms with Gasteiger partial charge in [-0.05, 0) is 49.1 Å². The zero-order valence-corrected chi connectivity index (χ0v) is 18.0. The lowest BCUT2D eigenvalue weighted by atomic mass is 10.2. The molecule has 0 unspecified atom stereocenters. The Kier molecular flexibility index (Phi) is 7.50. The zero-order chi connectivity index (χ0) is 21.3. The highest BCUT2D eigenvalue weighted by Gasteiger charge is 2.15. The van der Waals surface area contributed by atoms with Gasteiger partial charge in [0.2, 0.25) is 5.95 Å². The SMILES string of the molecule is CCCc1nnsc1C(=O)NCCNc1nc(C)cc(Nc2ccc(OC)cc2)n1. The predicted molar refractivity (Wildman–Crippen MR) is 118 cm³/mol. The number of methoxy groups -OCH3 is 1. The van der Waals surface area contributed by atoms with Gasteiger partial charge in [0, 0.05) is 30.5 Å². The van der Waals surface area contributed by atoms with Crippen LogP contribution < -0.4 is 20.7 Å². The summed E-state index contributed by atoms with van der Waals surface area (Å²) >= 11 is 1.12. The first-order chi connectivity index (χ1) is 14.6. The highest BCUT2D eigenvalue weighted by Crippen LogP contribution is 2.20. The van der Waals surface area contributed by atoms with Gasteiger partial charge in [-0.1, -0.05) is 17.8 Å². The number of benzene rings is 1. The molecule has 0 saturated carbocycles. The summed E-state index contributed by atoms with van der Waals surface area (Å²) in [5.41, 5.74) is 2.48. The maximum atomic E-state index is 12.3. The van der Waals surface area contributed by atoms with Gasteiger partial charge in [0.1, 0.15) is 16.4 Å². The third-order valence-corrected chi connectivity index (χ3v) is 4.93. The van der Waals surface area contributed by atoms with Gasteiger partial charge in [-0.15, -0.1) is 5.10 Å². The van der Waals surface area contributed by atoms with Gasteiger partial charge in [0.15, 0.2) is 0 Å². The van der Waals surface area contributed by atoms with Crippen LogP contribution in [0.1, 0.15) is 34.4 Å². The van der Waals surface area contributed by atoms with E-state index in [2.05, 4.69) is 35.5 Å². The molecule has 0 saturated heterocycles. The van der Waals surface area contributed by atoms with E-state index in [-0.39, 0.29) is 5.91 Å². The van der Waals surface area contributed by atoms with E-state index in [0.717, 1.165) is 47.2 Å². The van der Waals surface area contributed by atoms with Crippen LogP contribution in [-0.2, 0) is 6.42 Å². The monoisotopic (exact) mass is 427 g/mol. The van der Waals surface area contributed by atoms with Crippen LogP contribution in [0.15, 0.2) is 30.3 Å². The molecular formula is C20H25N7O2S. The second-order valence-corrected chi connectivity index (χ2v) is 7.31. The van der Waals surface area contributed by atoms with Crippen LogP contribution in [0, 0.1) is 6.92 Å². The van der Waals surface area contributed by atoms with Gasteiger partial charge in [0.25, 0.3) is 5.91 Å². The number of hydrogen-bond donors (Lipinski definition) is 3. The summed E-state index contributed by atoms with van der Waals surface area (Å²) in [5.74, 6) is 1.81. The number of aryl methyl sites for hydroxylation is 2. The van der Waals surface area contributed by atoms with Gasteiger partial charge in [0.05, 0.1) is 12.8 Å². The largest absolute Gasteiger partial charge is 0.497 e. The summed E-state index contributed by atoms with van der Waals surface area (Å²) in [6.07, 6.45) is 1.67. The Hall–Kier alpha value is -3.27. The van der Waals surface area contributed by atoms with Crippen molar-refractivity contribution < 1.29 is 9.53 Å². The standard InChI is InChI=1S/C20H25N7O2S/c1-4-5-16-18(30-27-26-16)19(28)21-10-11-22-20-23-13(2)12-17(25-20)24-14-6-8-15(29-3)9-7-14/h6-9,12H,4-5,10-11H2,1-3H3,(H,21,28)(H2,22,23,24,25). The molecule has 0 spiro atoms. The lowest BCUT2D eigenvalue weighted by Gasteiger charge is -2.11. The lowest BCUT2D eigenvalue weighted by Crippen LogP contribution is -2.29. The lowest BCUT2D eigenvalue weighted by molar-refractivity contribution is 0.0958. The fraction of sp³-hybridized carbons (Fsp3) is 0.350. The first-order valence-corrected chi connectivity index (χ1v) is 10.5. The second kappa shape index (κ2) is 10.5. The summed E-state index contributed by atoms with van der Waals surface area (Å²) in [6.45, 7) is 4.87. The van der Waals surface area contributed by atoms with Crippen molar-refractivity contribution in [2.75, 3.05) is 30.8 Å². The number of hydrogen-bond acceptors (Lipinski definition) is 9. The van der Waals surface area contributed by atoms with E-state index in [4.69, 9.17) is 4.74 Å². The van der Waals surface area contributed by atoms with Crippen LogP contribution in [0.2, 0.25) is 0 Å². The Labute approximate surface area is 179 Å². The summed E-state index contributed by atoms with van der Waals surface area (Å²) in [4.78, 5) is 21.8. The van der Waals surface area contributed by atoms with Crippen molar-refractivity contribution in [1.82, 2.24) is 24.9 Å². The Morgan fingerprint density at radius 1 is 1.17 bits per heavy atom. The molecule has 0 atom stereocenters. The number of nitrogens with zero attached hydrogens (tertiary/aromatic N) is 4. The fourth-order valence-corrected chi connectivity index (χ4v) is 3.37. The number of amides is 1. The number of aromatic nitrogens is 4. The van der Waals surface area contributed by atoms with Crippen molar-refractivity contribution >= 4 is 34.9 Å². The molecule has 30 heavy (non-hydrogen) atoms. The van der Waals surface area contributed by atoms with E-state index in [1.807, 2.05) is 44.2 Å². The molecule has 0 aliphatic rings. The smallest absolute Gasteiger partial charge is 0.265 e. The number of nitrogens with one attached hydrogen (secondary N) is 3.